The van der Waals surface area contributed by atoms with E-state index in [0.717, 1.165) is 22.5 Å². The van der Waals surface area contributed by atoms with Crippen LogP contribution in [-0.4, -0.2) is 23.5 Å². The Hall–Kier alpha value is -2.98. The van der Waals surface area contributed by atoms with E-state index in [1.807, 2.05) is 84.9 Å². The quantitative estimate of drug-likeness (QED) is 0.282. The summed E-state index contributed by atoms with van der Waals surface area (Å²) in [5.41, 5.74) is 3.20. The van der Waals surface area contributed by atoms with Gasteiger partial charge in [-0.2, -0.15) is 0 Å². The topological polar surface area (TPSA) is 120 Å². The lowest BCUT2D eigenvalue weighted by Crippen LogP contribution is -3.05. The Morgan fingerprint density at radius 3 is 1.40 bits per heavy atom. The van der Waals surface area contributed by atoms with Crippen LogP contribution in [0, 0.1) is 10.4 Å². The number of para-hydroxylation sites is 2. The van der Waals surface area contributed by atoms with Crippen LogP contribution in [0.25, 0.3) is 0 Å². The maximum absolute atomic E-state index is 11.4. The van der Waals surface area contributed by atoms with Crippen molar-refractivity contribution < 1.29 is 20.9 Å². The molecule has 3 aromatic rings. The molecule has 4 atom stereocenters. The minimum Gasteiger partial charge on any atom is -0.600 e. The highest BCUT2D eigenvalue weighted by atomic mass is 16.8. The third-order valence-electron chi connectivity index (χ3n) is 4.70. The second-order valence-corrected chi connectivity index (χ2v) is 6.99. The smallest absolute Gasteiger partial charge is 0.131 e. The summed E-state index contributed by atoms with van der Waals surface area (Å²) in [6, 6.07) is 25.3. The number of anilines is 2. The van der Waals surface area contributed by atoms with Crippen molar-refractivity contribution in [3.05, 3.63) is 106 Å². The Kier molecular flexibility index (Phi) is 7.75. The van der Waals surface area contributed by atoms with E-state index in [9.17, 15) is 20.8 Å². The van der Waals surface area contributed by atoms with Crippen molar-refractivity contribution in [1.82, 2.24) is 0 Å². The first-order chi connectivity index (χ1) is 14.5. The van der Waals surface area contributed by atoms with E-state index in [0.29, 0.717) is 0 Å². The van der Waals surface area contributed by atoms with Gasteiger partial charge in [-0.15, -0.1) is 0 Å². The second-order valence-electron chi connectivity index (χ2n) is 6.99. The fourth-order valence-electron chi connectivity index (χ4n) is 3.32. The number of nitrogens with one attached hydrogen (secondary N) is 4. The lowest BCUT2D eigenvalue weighted by atomic mass is 9.99. The van der Waals surface area contributed by atoms with Crippen LogP contribution in [0.1, 0.15) is 23.2 Å². The third kappa shape index (κ3) is 6.53. The van der Waals surface area contributed by atoms with Crippen molar-refractivity contribution in [1.29, 1.82) is 0 Å². The molecule has 3 aromatic carbocycles. The van der Waals surface area contributed by atoms with E-state index >= 15 is 0 Å². The number of quaternary nitrogens is 2. The van der Waals surface area contributed by atoms with Gasteiger partial charge in [0.25, 0.3) is 0 Å². The van der Waals surface area contributed by atoms with Crippen LogP contribution in [0.2, 0.25) is 0 Å². The maximum Gasteiger partial charge on any atom is 0.131 e. The zero-order valence-corrected chi connectivity index (χ0v) is 16.4. The molecule has 30 heavy (non-hydrogen) atoms. The molecular weight excluding hydrogens is 384 g/mol. The molecule has 158 valence electrons. The van der Waals surface area contributed by atoms with Crippen LogP contribution < -0.4 is 21.1 Å². The molecule has 0 amide bonds. The maximum atomic E-state index is 11.4. The highest BCUT2D eigenvalue weighted by Gasteiger charge is 2.20. The van der Waals surface area contributed by atoms with Gasteiger partial charge < -0.3 is 21.0 Å². The Balaban J connectivity index is 1.87. The molecule has 6 N–H and O–H groups in total. The zero-order valence-electron chi connectivity index (χ0n) is 16.4. The normalized spacial score (nSPS) is 15.1. The molecule has 0 heterocycles. The van der Waals surface area contributed by atoms with E-state index in [4.69, 9.17) is 0 Å². The van der Waals surface area contributed by atoms with Crippen LogP contribution in [0.15, 0.2) is 84.9 Å². The Morgan fingerprint density at radius 2 is 1.03 bits per heavy atom. The van der Waals surface area contributed by atoms with E-state index in [1.54, 1.807) is 0 Å². The number of hydrogen-bond acceptors (Lipinski definition) is 6. The first-order valence-electron chi connectivity index (χ1n) is 9.68. The minimum atomic E-state index is -0.918. The van der Waals surface area contributed by atoms with Gasteiger partial charge in [-0.25, -0.2) is 20.9 Å². The summed E-state index contributed by atoms with van der Waals surface area (Å²) >= 11 is 0. The monoisotopic (exact) mass is 410 g/mol. The van der Waals surface area contributed by atoms with E-state index in [-0.39, 0.29) is 13.1 Å². The first-order valence-corrected chi connectivity index (χ1v) is 9.68. The third-order valence-corrected chi connectivity index (χ3v) is 4.70. The number of benzene rings is 3. The highest BCUT2D eigenvalue weighted by Crippen LogP contribution is 2.24. The lowest BCUT2D eigenvalue weighted by Gasteiger charge is -2.26. The first kappa shape index (κ1) is 21.7. The number of hydrogen-bond donors (Lipinski definition) is 6. The molecule has 0 fully saturated rings. The fraction of sp³-hybridized carbons (Fsp3) is 0.182. The van der Waals surface area contributed by atoms with Gasteiger partial charge in [0.15, 0.2) is 0 Å². The Morgan fingerprint density at radius 1 is 0.633 bits per heavy atom. The predicted molar refractivity (Wildman–Crippen MR) is 114 cm³/mol. The SMILES string of the molecule is [O-][NH+](O)CC(Nc1ccccc1)c1cccc(C(C[NH+]([O-])O)Nc2ccccc2)c1. The summed E-state index contributed by atoms with van der Waals surface area (Å²) in [5.74, 6) is 0. The molecule has 0 aromatic heterocycles. The van der Waals surface area contributed by atoms with Crippen LogP contribution in [-0.2, 0) is 0 Å². The summed E-state index contributed by atoms with van der Waals surface area (Å²) in [5, 5.41) is 46.4. The molecule has 0 aliphatic carbocycles. The standard InChI is InChI=1S/C22H26N4O4/c27-25(28)15-21(23-19-10-3-1-4-11-19)17-8-7-9-18(14-17)22(16-26(29)30)24-20-12-5-2-6-13-20/h1-14,21-27,29H,15-16H2. The number of rotatable bonds is 10. The molecule has 4 unspecified atom stereocenters. The van der Waals surface area contributed by atoms with E-state index in [1.165, 1.54) is 0 Å². The second kappa shape index (κ2) is 10.7. The van der Waals surface area contributed by atoms with Gasteiger partial charge in [-0.05, 0) is 35.4 Å². The van der Waals surface area contributed by atoms with Gasteiger partial charge in [0.05, 0.1) is 0 Å². The van der Waals surface area contributed by atoms with Crippen molar-refractivity contribution >= 4 is 11.4 Å². The molecule has 0 radical (unpaired) electrons. The van der Waals surface area contributed by atoms with Crippen molar-refractivity contribution in [3.63, 3.8) is 0 Å². The average Bonchev–Trinajstić information content (AvgIpc) is 2.74. The summed E-state index contributed by atoms with van der Waals surface area (Å²) in [6.07, 6.45) is 0. The minimum absolute atomic E-state index is 0.103. The molecule has 8 heteroatoms. The van der Waals surface area contributed by atoms with Crippen molar-refractivity contribution in [2.75, 3.05) is 23.7 Å². The van der Waals surface area contributed by atoms with Gasteiger partial charge in [0.2, 0.25) is 0 Å². The van der Waals surface area contributed by atoms with Crippen LogP contribution in [0.4, 0.5) is 11.4 Å². The largest absolute Gasteiger partial charge is 0.600 e. The van der Waals surface area contributed by atoms with Crippen molar-refractivity contribution in [3.8, 4) is 0 Å². The molecule has 0 saturated heterocycles. The van der Waals surface area contributed by atoms with Gasteiger partial charge in [0.1, 0.15) is 25.2 Å². The van der Waals surface area contributed by atoms with Crippen LogP contribution in [0.5, 0.6) is 0 Å². The summed E-state index contributed by atoms with van der Waals surface area (Å²) in [6.45, 7) is -0.206. The van der Waals surface area contributed by atoms with E-state index in [2.05, 4.69) is 10.6 Å². The summed E-state index contributed by atoms with van der Waals surface area (Å²) in [7, 11) is 0. The van der Waals surface area contributed by atoms with E-state index < -0.39 is 22.5 Å². The molecule has 3 rings (SSSR count). The highest BCUT2D eigenvalue weighted by molar-refractivity contribution is 5.48. The fourth-order valence-corrected chi connectivity index (χ4v) is 3.32. The summed E-state index contributed by atoms with van der Waals surface area (Å²) in [4.78, 5) is 0. The van der Waals surface area contributed by atoms with Crippen molar-refractivity contribution in [2.24, 2.45) is 0 Å². The molecule has 0 bridgehead atoms. The van der Waals surface area contributed by atoms with Gasteiger partial charge >= 0.3 is 0 Å². The Labute approximate surface area is 175 Å². The van der Waals surface area contributed by atoms with Gasteiger partial charge in [0, 0.05) is 11.4 Å². The van der Waals surface area contributed by atoms with Crippen molar-refractivity contribution in [2.45, 2.75) is 12.1 Å². The average molecular weight is 410 g/mol. The molecule has 0 aliphatic rings. The van der Waals surface area contributed by atoms with Gasteiger partial charge in [-0.3, -0.25) is 0 Å². The number of hydroxylamine groups is 4. The van der Waals surface area contributed by atoms with Crippen LogP contribution in [0.3, 0.4) is 0 Å². The predicted octanol–water partition coefficient (Wildman–Crippen LogP) is 1.54. The summed E-state index contributed by atoms with van der Waals surface area (Å²) < 4.78 is 0. The van der Waals surface area contributed by atoms with Gasteiger partial charge in [-0.1, -0.05) is 60.7 Å². The molecular formula is C22H26N4O4. The molecule has 0 spiro atoms. The van der Waals surface area contributed by atoms with Crippen LogP contribution >= 0.6 is 0 Å². The lowest BCUT2D eigenvalue weighted by molar-refractivity contribution is -1.05. The molecule has 0 aliphatic heterocycles. The zero-order chi connectivity index (χ0) is 21.3. The molecule has 8 nitrogen and oxygen atoms in total. The molecule has 0 saturated carbocycles. The Bertz CT molecular complexity index is 823.